The molecule has 0 bridgehead atoms. The second kappa shape index (κ2) is 6.30. The molecule has 0 radical (unpaired) electrons. The van der Waals surface area contributed by atoms with Crippen molar-refractivity contribution < 1.29 is 27.1 Å². The smallest absolute Gasteiger partial charge is 0.340 e. The molecule has 3 aromatic rings. The average Bonchev–Trinajstić information content (AvgIpc) is 2.91. The summed E-state index contributed by atoms with van der Waals surface area (Å²) in [5.74, 6) is -1.63. The van der Waals surface area contributed by atoms with Gasteiger partial charge in [-0.1, -0.05) is 12.7 Å². The van der Waals surface area contributed by atoms with Gasteiger partial charge in [0.15, 0.2) is 0 Å². The molecule has 0 spiro atoms. The summed E-state index contributed by atoms with van der Waals surface area (Å²) in [4.78, 5) is 11.8. The molecule has 3 rings (SSSR count). The Balaban J connectivity index is 2.30. The van der Waals surface area contributed by atoms with E-state index in [-0.39, 0.29) is 28.0 Å². The number of carboxylic acid groups (broad SMARTS) is 1. The SMILES string of the molecule is C=Cc1cc2c(C(=O)O)c(-c3ccc(F)cc3)oc2cc1NS(C)(=O)=O. The number of fused-ring (bicyclic) bond motifs is 1. The number of halogens is 1. The zero-order valence-corrected chi connectivity index (χ0v) is 14.4. The van der Waals surface area contributed by atoms with Crippen LogP contribution in [0.3, 0.4) is 0 Å². The summed E-state index contributed by atoms with van der Waals surface area (Å²) in [7, 11) is -3.55. The molecule has 0 aliphatic rings. The van der Waals surface area contributed by atoms with Crippen LogP contribution >= 0.6 is 0 Å². The lowest BCUT2D eigenvalue weighted by Crippen LogP contribution is -2.10. The van der Waals surface area contributed by atoms with Crippen molar-refractivity contribution in [2.75, 3.05) is 11.0 Å². The Kier molecular flexibility index (Phi) is 4.29. The number of hydrogen-bond acceptors (Lipinski definition) is 4. The van der Waals surface area contributed by atoms with Crippen LogP contribution in [0.1, 0.15) is 15.9 Å². The fourth-order valence-corrected chi connectivity index (χ4v) is 3.21. The van der Waals surface area contributed by atoms with Crippen molar-refractivity contribution in [3.05, 3.63) is 59.9 Å². The van der Waals surface area contributed by atoms with Gasteiger partial charge in [0, 0.05) is 17.0 Å². The van der Waals surface area contributed by atoms with Crippen LogP contribution in [-0.4, -0.2) is 25.7 Å². The molecule has 0 saturated carbocycles. The number of carbonyl (C=O) groups is 1. The molecular formula is C18H14FNO5S. The van der Waals surface area contributed by atoms with Gasteiger partial charge in [0.1, 0.15) is 22.7 Å². The van der Waals surface area contributed by atoms with E-state index in [2.05, 4.69) is 11.3 Å². The van der Waals surface area contributed by atoms with Gasteiger partial charge in [0.05, 0.1) is 11.9 Å². The molecule has 2 aromatic carbocycles. The van der Waals surface area contributed by atoms with Crippen molar-refractivity contribution >= 4 is 38.7 Å². The van der Waals surface area contributed by atoms with Crippen LogP contribution in [0.5, 0.6) is 0 Å². The van der Waals surface area contributed by atoms with E-state index < -0.39 is 21.8 Å². The maximum atomic E-state index is 13.2. The minimum atomic E-state index is -3.55. The Morgan fingerprint density at radius 2 is 1.92 bits per heavy atom. The molecule has 6 nitrogen and oxygen atoms in total. The van der Waals surface area contributed by atoms with Gasteiger partial charge in [-0.3, -0.25) is 4.72 Å². The van der Waals surface area contributed by atoms with Crippen molar-refractivity contribution in [2.24, 2.45) is 0 Å². The summed E-state index contributed by atoms with van der Waals surface area (Å²) in [5, 5.41) is 9.90. The summed E-state index contributed by atoms with van der Waals surface area (Å²) >= 11 is 0. The van der Waals surface area contributed by atoms with Crippen LogP contribution in [0.25, 0.3) is 28.4 Å². The first-order valence-electron chi connectivity index (χ1n) is 7.39. The highest BCUT2D eigenvalue weighted by atomic mass is 32.2. The third-order valence-electron chi connectivity index (χ3n) is 3.70. The van der Waals surface area contributed by atoms with Crippen molar-refractivity contribution in [3.8, 4) is 11.3 Å². The molecule has 2 N–H and O–H groups in total. The van der Waals surface area contributed by atoms with Gasteiger partial charge < -0.3 is 9.52 Å². The Labute approximate surface area is 148 Å². The molecule has 26 heavy (non-hydrogen) atoms. The average molecular weight is 375 g/mol. The van der Waals surface area contributed by atoms with Crippen LogP contribution < -0.4 is 4.72 Å². The van der Waals surface area contributed by atoms with Crippen LogP contribution in [0.2, 0.25) is 0 Å². The third kappa shape index (κ3) is 3.31. The molecule has 1 aromatic heterocycles. The highest BCUT2D eigenvalue weighted by Gasteiger charge is 2.23. The summed E-state index contributed by atoms with van der Waals surface area (Å²) in [6, 6.07) is 8.08. The van der Waals surface area contributed by atoms with Crippen molar-refractivity contribution in [2.45, 2.75) is 0 Å². The fourth-order valence-electron chi connectivity index (χ4n) is 2.63. The van der Waals surface area contributed by atoms with Crippen molar-refractivity contribution in [3.63, 3.8) is 0 Å². The number of sulfonamides is 1. The Morgan fingerprint density at radius 1 is 1.27 bits per heavy atom. The minimum absolute atomic E-state index is 0.0546. The van der Waals surface area contributed by atoms with E-state index in [1.54, 1.807) is 0 Å². The van der Waals surface area contributed by atoms with E-state index in [1.165, 1.54) is 42.5 Å². The van der Waals surface area contributed by atoms with E-state index >= 15 is 0 Å². The zero-order chi connectivity index (χ0) is 19.1. The van der Waals surface area contributed by atoms with Crippen molar-refractivity contribution in [1.29, 1.82) is 0 Å². The molecular weight excluding hydrogens is 361 g/mol. The van der Waals surface area contributed by atoms with E-state index in [4.69, 9.17) is 4.42 Å². The summed E-state index contributed by atoms with van der Waals surface area (Å²) in [6.07, 6.45) is 2.40. The summed E-state index contributed by atoms with van der Waals surface area (Å²) in [5.41, 5.74) is 1.08. The third-order valence-corrected chi connectivity index (χ3v) is 4.29. The Hall–Kier alpha value is -3.13. The quantitative estimate of drug-likeness (QED) is 0.704. The Bertz CT molecular complexity index is 1130. The van der Waals surface area contributed by atoms with Crippen LogP contribution in [0, 0.1) is 5.82 Å². The number of benzene rings is 2. The highest BCUT2D eigenvalue weighted by molar-refractivity contribution is 7.92. The predicted octanol–water partition coefficient (Wildman–Crippen LogP) is 3.95. The molecule has 0 unspecified atom stereocenters. The van der Waals surface area contributed by atoms with Crippen LogP contribution in [0.15, 0.2) is 47.4 Å². The number of hydrogen-bond donors (Lipinski definition) is 2. The molecule has 0 saturated heterocycles. The molecule has 0 aliphatic carbocycles. The standard InChI is InChI=1S/C18H14FNO5S/c1-3-10-8-13-15(9-14(10)20-26(2,23)24)25-17(16(13)18(21)22)11-4-6-12(19)7-5-11/h3-9,20H,1H2,2H3,(H,21,22). The molecule has 8 heteroatoms. The first kappa shape index (κ1) is 17.7. The zero-order valence-electron chi connectivity index (χ0n) is 13.6. The topological polar surface area (TPSA) is 96.6 Å². The second-order valence-corrected chi connectivity index (χ2v) is 7.38. The number of rotatable bonds is 5. The summed E-state index contributed by atoms with van der Waals surface area (Å²) < 4.78 is 44.2. The number of furan rings is 1. The number of aromatic carboxylic acids is 1. The van der Waals surface area contributed by atoms with E-state index in [0.717, 1.165) is 6.26 Å². The largest absolute Gasteiger partial charge is 0.478 e. The molecule has 0 fully saturated rings. The lowest BCUT2D eigenvalue weighted by atomic mass is 10.0. The van der Waals surface area contributed by atoms with Crippen molar-refractivity contribution in [1.82, 2.24) is 0 Å². The predicted molar refractivity (Wildman–Crippen MR) is 97.1 cm³/mol. The van der Waals surface area contributed by atoms with Gasteiger partial charge in [-0.25, -0.2) is 17.6 Å². The number of nitrogens with one attached hydrogen (secondary N) is 1. The first-order valence-corrected chi connectivity index (χ1v) is 9.29. The molecule has 1 heterocycles. The molecule has 134 valence electrons. The fraction of sp³-hybridized carbons (Fsp3) is 0.0556. The normalized spacial score (nSPS) is 11.5. The van der Waals surface area contributed by atoms with Gasteiger partial charge in [0.2, 0.25) is 10.0 Å². The second-order valence-electron chi connectivity index (χ2n) is 5.63. The monoisotopic (exact) mass is 375 g/mol. The Morgan fingerprint density at radius 3 is 2.46 bits per heavy atom. The number of anilines is 1. The lowest BCUT2D eigenvalue weighted by Gasteiger charge is -2.07. The highest BCUT2D eigenvalue weighted by Crippen LogP contribution is 2.37. The summed E-state index contributed by atoms with van der Waals surface area (Å²) in [6.45, 7) is 3.62. The van der Waals surface area contributed by atoms with Crippen LogP contribution in [0.4, 0.5) is 10.1 Å². The lowest BCUT2D eigenvalue weighted by molar-refractivity contribution is 0.0699. The van der Waals surface area contributed by atoms with Gasteiger partial charge >= 0.3 is 5.97 Å². The van der Waals surface area contributed by atoms with E-state index in [9.17, 15) is 22.7 Å². The molecule has 0 aliphatic heterocycles. The minimum Gasteiger partial charge on any atom is -0.478 e. The maximum Gasteiger partial charge on any atom is 0.340 e. The number of carboxylic acids is 1. The van der Waals surface area contributed by atoms with E-state index in [0.29, 0.717) is 11.1 Å². The van der Waals surface area contributed by atoms with Gasteiger partial charge in [-0.15, -0.1) is 0 Å². The van der Waals surface area contributed by atoms with Gasteiger partial charge in [0.25, 0.3) is 0 Å². The molecule has 0 amide bonds. The van der Waals surface area contributed by atoms with Gasteiger partial charge in [-0.05, 0) is 35.9 Å². The maximum absolute atomic E-state index is 13.2. The first-order chi connectivity index (χ1) is 12.2. The van der Waals surface area contributed by atoms with Gasteiger partial charge in [-0.2, -0.15) is 0 Å². The van der Waals surface area contributed by atoms with Crippen LogP contribution in [-0.2, 0) is 10.0 Å². The van der Waals surface area contributed by atoms with E-state index in [1.807, 2.05) is 0 Å². The molecule has 0 atom stereocenters.